The molecule has 5 heteroatoms. The second-order valence-corrected chi connectivity index (χ2v) is 6.42. The Kier molecular flexibility index (Phi) is 3.63. The Bertz CT molecular complexity index is 580. The summed E-state index contributed by atoms with van der Waals surface area (Å²) in [6.07, 6.45) is 0. The van der Waals surface area contributed by atoms with Crippen LogP contribution in [0.15, 0.2) is 18.2 Å². The van der Waals surface area contributed by atoms with E-state index in [1.54, 1.807) is 11.3 Å². The van der Waals surface area contributed by atoms with Gasteiger partial charge in [-0.15, -0.1) is 11.3 Å². The summed E-state index contributed by atoms with van der Waals surface area (Å²) in [5.41, 5.74) is 9.32. The predicted molar refractivity (Wildman–Crippen MR) is 82.1 cm³/mol. The van der Waals surface area contributed by atoms with Crippen molar-refractivity contribution in [2.45, 2.75) is 26.9 Å². The Morgan fingerprint density at radius 3 is 2.70 bits per heavy atom. The minimum absolute atomic E-state index is 0.682. The molecule has 0 fully saturated rings. The van der Waals surface area contributed by atoms with Gasteiger partial charge in [0, 0.05) is 24.5 Å². The number of aryl methyl sites for hydroxylation is 2. The second kappa shape index (κ2) is 5.42. The fourth-order valence-electron chi connectivity index (χ4n) is 2.59. The van der Waals surface area contributed by atoms with Crippen molar-refractivity contribution in [1.29, 1.82) is 0 Å². The first kappa shape index (κ1) is 13.4. The van der Waals surface area contributed by atoms with E-state index in [0.717, 1.165) is 31.1 Å². The highest BCUT2D eigenvalue weighted by atomic mass is 32.1. The summed E-state index contributed by atoms with van der Waals surface area (Å²) < 4.78 is 5.85. The topological polar surface area (TPSA) is 51.4 Å². The molecule has 1 aliphatic rings. The van der Waals surface area contributed by atoms with Crippen LogP contribution in [-0.4, -0.2) is 23.0 Å². The van der Waals surface area contributed by atoms with E-state index >= 15 is 0 Å². The van der Waals surface area contributed by atoms with Crippen LogP contribution in [0.5, 0.6) is 5.75 Å². The van der Waals surface area contributed by atoms with E-state index in [2.05, 4.69) is 41.9 Å². The van der Waals surface area contributed by atoms with Gasteiger partial charge in [0.25, 0.3) is 0 Å². The average molecular weight is 289 g/mol. The van der Waals surface area contributed by atoms with Gasteiger partial charge in [-0.2, -0.15) is 0 Å². The third-order valence-corrected chi connectivity index (χ3v) is 4.32. The molecule has 4 nitrogen and oxygen atoms in total. The summed E-state index contributed by atoms with van der Waals surface area (Å²) in [6, 6.07) is 6.31. The van der Waals surface area contributed by atoms with Crippen LogP contribution in [0.25, 0.3) is 0 Å². The molecular weight excluding hydrogens is 270 g/mol. The van der Waals surface area contributed by atoms with Gasteiger partial charge in [0.1, 0.15) is 12.4 Å². The number of anilines is 1. The van der Waals surface area contributed by atoms with E-state index in [1.165, 1.54) is 16.0 Å². The minimum Gasteiger partial charge on any atom is -0.492 e. The fraction of sp³-hybridized carbons (Fsp3) is 0.400. The van der Waals surface area contributed by atoms with E-state index in [1.807, 2.05) is 0 Å². The molecule has 2 N–H and O–H groups in total. The van der Waals surface area contributed by atoms with Crippen molar-refractivity contribution in [3.05, 3.63) is 39.9 Å². The maximum Gasteiger partial charge on any atom is 0.180 e. The van der Waals surface area contributed by atoms with Crippen LogP contribution >= 0.6 is 11.3 Å². The molecule has 0 saturated carbocycles. The lowest BCUT2D eigenvalue weighted by Gasteiger charge is -2.15. The van der Waals surface area contributed by atoms with Crippen molar-refractivity contribution in [3.8, 4) is 5.75 Å². The van der Waals surface area contributed by atoms with Gasteiger partial charge in [-0.1, -0.05) is 6.07 Å². The summed E-state index contributed by atoms with van der Waals surface area (Å²) in [5, 5.41) is 0.682. The number of rotatable bonds is 4. The zero-order chi connectivity index (χ0) is 14.1. The maximum atomic E-state index is 5.85. The Hall–Kier alpha value is -1.59. The molecule has 106 valence electrons. The van der Waals surface area contributed by atoms with Gasteiger partial charge in [0.2, 0.25) is 0 Å². The highest BCUT2D eigenvalue weighted by Crippen LogP contribution is 2.29. The van der Waals surface area contributed by atoms with Crippen molar-refractivity contribution in [2.75, 3.05) is 18.9 Å². The van der Waals surface area contributed by atoms with Crippen LogP contribution in [-0.2, 0) is 13.1 Å². The van der Waals surface area contributed by atoms with Gasteiger partial charge < -0.3 is 10.5 Å². The molecule has 0 bridgehead atoms. The first-order valence-corrected chi connectivity index (χ1v) is 7.59. The minimum atomic E-state index is 0.682. The van der Waals surface area contributed by atoms with Crippen molar-refractivity contribution >= 4 is 16.5 Å². The van der Waals surface area contributed by atoms with Crippen molar-refractivity contribution in [3.63, 3.8) is 0 Å². The van der Waals surface area contributed by atoms with Crippen LogP contribution in [0.4, 0.5) is 5.13 Å². The summed E-state index contributed by atoms with van der Waals surface area (Å²) in [4.78, 5) is 7.99. The van der Waals surface area contributed by atoms with Crippen molar-refractivity contribution in [1.82, 2.24) is 9.88 Å². The molecule has 0 radical (unpaired) electrons. The Morgan fingerprint density at radius 2 is 2.00 bits per heavy atom. The summed E-state index contributed by atoms with van der Waals surface area (Å²) in [6.45, 7) is 7.63. The molecule has 20 heavy (non-hydrogen) atoms. The first-order valence-electron chi connectivity index (χ1n) is 6.77. The van der Waals surface area contributed by atoms with Gasteiger partial charge in [0.15, 0.2) is 5.13 Å². The second-order valence-electron chi connectivity index (χ2n) is 5.30. The first-order chi connectivity index (χ1) is 9.60. The number of nitrogens with zero attached hydrogens (tertiary/aromatic N) is 2. The quantitative estimate of drug-likeness (QED) is 0.940. The SMILES string of the molecule is Cc1cc(C)cc(OCCN2Cc3nc(N)sc3C2)c1. The van der Waals surface area contributed by atoms with Crippen molar-refractivity contribution < 1.29 is 4.74 Å². The highest BCUT2D eigenvalue weighted by Gasteiger charge is 2.22. The number of thiazole rings is 1. The lowest BCUT2D eigenvalue weighted by atomic mass is 10.1. The molecule has 0 spiro atoms. The van der Waals surface area contributed by atoms with E-state index in [9.17, 15) is 0 Å². The molecule has 2 heterocycles. The van der Waals surface area contributed by atoms with Crippen LogP contribution in [0.1, 0.15) is 21.7 Å². The van der Waals surface area contributed by atoms with E-state index in [4.69, 9.17) is 10.5 Å². The number of ether oxygens (including phenoxy) is 1. The number of nitrogen functional groups attached to an aromatic ring is 1. The van der Waals surface area contributed by atoms with E-state index < -0.39 is 0 Å². The fourth-order valence-corrected chi connectivity index (χ4v) is 3.47. The zero-order valence-corrected chi connectivity index (χ0v) is 12.7. The molecule has 0 unspecified atom stereocenters. The molecule has 1 aromatic heterocycles. The number of aromatic nitrogens is 1. The Labute approximate surface area is 123 Å². The monoisotopic (exact) mass is 289 g/mol. The van der Waals surface area contributed by atoms with Gasteiger partial charge in [-0.05, 0) is 37.1 Å². The Balaban J connectivity index is 1.50. The number of nitrogens with two attached hydrogens (primary N) is 1. The lowest BCUT2D eigenvalue weighted by molar-refractivity contribution is 0.211. The molecular formula is C15H19N3OS. The molecule has 1 aliphatic heterocycles. The number of benzene rings is 1. The molecule has 0 amide bonds. The molecule has 0 aliphatic carbocycles. The van der Waals surface area contributed by atoms with Gasteiger partial charge in [-0.3, -0.25) is 4.90 Å². The lowest BCUT2D eigenvalue weighted by Crippen LogP contribution is -2.23. The van der Waals surface area contributed by atoms with Crippen LogP contribution < -0.4 is 10.5 Å². The van der Waals surface area contributed by atoms with Gasteiger partial charge in [0.05, 0.1) is 5.69 Å². The number of hydrogen-bond donors (Lipinski definition) is 1. The smallest absolute Gasteiger partial charge is 0.180 e. The third kappa shape index (κ3) is 2.94. The standard InChI is InChI=1S/C15H19N3OS/c1-10-5-11(2)7-12(6-10)19-4-3-18-8-13-14(9-18)20-15(16)17-13/h5-7H,3-4,8-9H2,1-2H3,(H2,16,17). The molecule has 0 atom stereocenters. The molecule has 3 rings (SSSR count). The summed E-state index contributed by atoms with van der Waals surface area (Å²) in [5.74, 6) is 0.957. The predicted octanol–water partition coefficient (Wildman–Crippen LogP) is 2.74. The van der Waals surface area contributed by atoms with Crippen LogP contribution in [0.3, 0.4) is 0 Å². The molecule has 2 aromatic rings. The molecule has 1 aromatic carbocycles. The zero-order valence-electron chi connectivity index (χ0n) is 11.8. The van der Waals surface area contributed by atoms with E-state index in [0.29, 0.717) is 11.7 Å². The van der Waals surface area contributed by atoms with Crippen LogP contribution in [0, 0.1) is 13.8 Å². The Morgan fingerprint density at radius 1 is 1.25 bits per heavy atom. The number of hydrogen-bond acceptors (Lipinski definition) is 5. The largest absolute Gasteiger partial charge is 0.492 e. The molecule has 0 saturated heterocycles. The normalized spacial score (nSPS) is 14.5. The van der Waals surface area contributed by atoms with Gasteiger partial charge >= 0.3 is 0 Å². The number of fused-ring (bicyclic) bond motifs is 1. The average Bonchev–Trinajstić information content (AvgIpc) is 2.84. The third-order valence-electron chi connectivity index (χ3n) is 3.41. The van der Waals surface area contributed by atoms with Gasteiger partial charge in [-0.25, -0.2) is 4.98 Å². The van der Waals surface area contributed by atoms with Crippen molar-refractivity contribution in [2.24, 2.45) is 0 Å². The highest BCUT2D eigenvalue weighted by molar-refractivity contribution is 7.15. The summed E-state index contributed by atoms with van der Waals surface area (Å²) in [7, 11) is 0. The van der Waals surface area contributed by atoms with Crippen LogP contribution in [0.2, 0.25) is 0 Å². The summed E-state index contributed by atoms with van der Waals surface area (Å²) >= 11 is 1.60. The van der Waals surface area contributed by atoms with E-state index in [-0.39, 0.29) is 0 Å². The maximum absolute atomic E-state index is 5.85.